The van der Waals surface area contributed by atoms with Crippen LogP contribution in [-0.4, -0.2) is 48.1 Å². The number of rotatable bonds is 6. The number of nitrogens with zero attached hydrogens (tertiary/aromatic N) is 1. The first kappa shape index (κ1) is 22.2. The normalized spacial score (nSPS) is 16.8. The van der Waals surface area contributed by atoms with Crippen molar-refractivity contribution >= 4 is 29.0 Å². The van der Waals surface area contributed by atoms with Gasteiger partial charge >= 0.3 is 0 Å². The number of benzene rings is 3. The minimum Gasteiger partial charge on any atom is -0.384 e. The fourth-order valence-electron chi connectivity index (χ4n) is 3.66. The number of hydrogen-bond donors (Lipinski definition) is 4. The minimum atomic E-state index is -1.69. The average molecular weight is 444 g/mol. The molecule has 8 nitrogen and oxygen atoms in total. The third-order valence-electron chi connectivity index (χ3n) is 5.41. The van der Waals surface area contributed by atoms with Crippen LogP contribution >= 0.6 is 0 Å². The topological polar surface area (TPSA) is 129 Å². The highest BCUT2D eigenvalue weighted by Crippen LogP contribution is 2.27. The van der Waals surface area contributed by atoms with Crippen molar-refractivity contribution < 1.29 is 19.4 Å². The number of nitrogens with one attached hydrogen (secondary N) is 2. The maximum atomic E-state index is 13.1. The molecule has 5 N–H and O–H groups in total. The minimum absolute atomic E-state index is 0.0921. The van der Waals surface area contributed by atoms with Crippen molar-refractivity contribution in [3.05, 3.63) is 84.4 Å². The molecule has 1 aliphatic rings. The number of nitrogens with two attached hydrogens (primary N) is 1. The van der Waals surface area contributed by atoms with Gasteiger partial charge in [-0.3, -0.25) is 15.0 Å². The molecule has 0 spiro atoms. The van der Waals surface area contributed by atoms with Gasteiger partial charge in [0, 0.05) is 23.5 Å². The number of amidine groups is 1. The van der Waals surface area contributed by atoms with E-state index in [9.17, 15) is 14.7 Å². The number of ether oxygens (including phenoxy) is 1. The second-order valence-electron chi connectivity index (χ2n) is 7.62. The Morgan fingerprint density at radius 3 is 2.45 bits per heavy atom. The van der Waals surface area contributed by atoms with Gasteiger partial charge < -0.3 is 25.8 Å². The fraction of sp³-hybridized carbons (Fsp3) is 0.160. The van der Waals surface area contributed by atoms with Crippen LogP contribution in [0.25, 0.3) is 11.1 Å². The maximum Gasteiger partial charge on any atom is 0.259 e. The van der Waals surface area contributed by atoms with E-state index >= 15 is 0 Å². The molecule has 0 saturated carbocycles. The number of carbonyl (C=O) groups is 2. The summed E-state index contributed by atoms with van der Waals surface area (Å²) in [6, 6.07) is 23.6. The van der Waals surface area contributed by atoms with Gasteiger partial charge in [0.25, 0.3) is 11.8 Å². The lowest BCUT2D eigenvalue weighted by Crippen LogP contribution is -2.55. The van der Waals surface area contributed by atoms with Gasteiger partial charge in [-0.15, -0.1) is 0 Å². The molecule has 0 aromatic heterocycles. The van der Waals surface area contributed by atoms with Crippen molar-refractivity contribution in [1.82, 2.24) is 0 Å². The third kappa shape index (κ3) is 4.92. The predicted molar refractivity (Wildman–Crippen MR) is 126 cm³/mol. The van der Waals surface area contributed by atoms with Gasteiger partial charge in [0.15, 0.2) is 12.2 Å². The Balaban J connectivity index is 1.48. The summed E-state index contributed by atoms with van der Waals surface area (Å²) in [4.78, 5) is 27.2. The van der Waals surface area contributed by atoms with E-state index in [1.165, 1.54) is 4.90 Å². The van der Waals surface area contributed by atoms with Gasteiger partial charge in [0.2, 0.25) is 0 Å². The van der Waals surface area contributed by atoms with E-state index in [1.807, 2.05) is 54.6 Å². The summed E-state index contributed by atoms with van der Waals surface area (Å²) in [6.07, 6.45) is -3.01. The van der Waals surface area contributed by atoms with Gasteiger partial charge in [-0.1, -0.05) is 42.5 Å². The summed E-state index contributed by atoms with van der Waals surface area (Å²) >= 11 is 0. The van der Waals surface area contributed by atoms with Gasteiger partial charge in [0.1, 0.15) is 5.84 Å². The maximum absolute atomic E-state index is 13.1. The number of morpholine rings is 1. The van der Waals surface area contributed by atoms with Gasteiger partial charge in [-0.25, -0.2) is 0 Å². The second kappa shape index (κ2) is 9.64. The average Bonchev–Trinajstić information content (AvgIpc) is 2.84. The molecule has 1 heterocycles. The quantitative estimate of drug-likeness (QED) is 0.343. The summed E-state index contributed by atoms with van der Waals surface area (Å²) < 4.78 is 5.48. The van der Waals surface area contributed by atoms with E-state index in [0.717, 1.165) is 11.1 Å². The number of aliphatic hydroxyl groups is 1. The number of nitrogen functional groups attached to an aromatic ring is 1. The summed E-state index contributed by atoms with van der Waals surface area (Å²) in [5.74, 6) is -1.34. The van der Waals surface area contributed by atoms with E-state index in [4.69, 9.17) is 15.9 Å². The lowest BCUT2D eigenvalue weighted by molar-refractivity contribution is -0.150. The van der Waals surface area contributed by atoms with Crippen LogP contribution in [0.15, 0.2) is 78.9 Å². The van der Waals surface area contributed by atoms with Crippen LogP contribution in [0.2, 0.25) is 0 Å². The van der Waals surface area contributed by atoms with E-state index in [2.05, 4.69) is 5.32 Å². The smallest absolute Gasteiger partial charge is 0.259 e. The number of amides is 2. The first-order valence-corrected chi connectivity index (χ1v) is 10.5. The Kier molecular flexibility index (Phi) is 6.48. The Labute approximate surface area is 191 Å². The molecule has 0 bridgehead atoms. The van der Waals surface area contributed by atoms with Crippen molar-refractivity contribution in [2.45, 2.75) is 12.2 Å². The molecule has 2 atom stereocenters. The number of hydrogen-bond acceptors (Lipinski definition) is 5. The van der Waals surface area contributed by atoms with E-state index < -0.39 is 24.0 Å². The van der Waals surface area contributed by atoms with Gasteiger partial charge in [-0.2, -0.15) is 0 Å². The first-order chi connectivity index (χ1) is 15.9. The molecule has 0 unspecified atom stereocenters. The lowest BCUT2D eigenvalue weighted by atomic mass is 10.0. The summed E-state index contributed by atoms with van der Waals surface area (Å²) in [6.45, 7) is 0.498. The molecule has 3 aromatic rings. The van der Waals surface area contributed by atoms with Crippen LogP contribution in [0.1, 0.15) is 5.56 Å². The highest BCUT2D eigenvalue weighted by atomic mass is 16.5. The Morgan fingerprint density at radius 1 is 1.06 bits per heavy atom. The standard InChI is InChI=1S/C25H24N4O4/c26-23(27)17-9-11-19(12-10-17)28-24(31)21(30)22-25(32)29(13-14-33-22)20-8-4-7-18(15-20)16-5-2-1-3-6-16/h1-12,15,21-22,30H,13-14H2,(H3,26,27)(H,28,31)/t21-,22-/m1/s1. The Hall–Kier alpha value is -4.01. The summed E-state index contributed by atoms with van der Waals surface area (Å²) in [7, 11) is 0. The van der Waals surface area contributed by atoms with E-state index in [-0.39, 0.29) is 12.4 Å². The molecule has 1 aliphatic heterocycles. The van der Waals surface area contributed by atoms with Gasteiger partial charge in [0.05, 0.1) is 6.61 Å². The lowest BCUT2D eigenvalue weighted by Gasteiger charge is -2.34. The number of anilines is 2. The zero-order valence-electron chi connectivity index (χ0n) is 17.8. The van der Waals surface area contributed by atoms with Crippen LogP contribution in [0, 0.1) is 5.41 Å². The Morgan fingerprint density at radius 2 is 1.76 bits per heavy atom. The van der Waals surface area contributed by atoms with Crippen molar-refractivity contribution in [2.75, 3.05) is 23.4 Å². The van der Waals surface area contributed by atoms with Crippen LogP contribution in [-0.2, 0) is 14.3 Å². The van der Waals surface area contributed by atoms with Crippen molar-refractivity contribution in [3.63, 3.8) is 0 Å². The van der Waals surface area contributed by atoms with Gasteiger partial charge in [-0.05, 0) is 47.5 Å². The zero-order valence-corrected chi connectivity index (χ0v) is 17.8. The van der Waals surface area contributed by atoms with E-state index in [0.29, 0.717) is 23.5 Å². The first-order valence-electron chi connectivity index (χ1n) is 10.5. The van der Waals surface area contributed by atoms with Crippen molar-refractivity contribution in [1.29, 1.82) is 5.41 Å². The molecule has 168 valence electrons. The third-order valence-corrected chi connectivity index (χ3v) is 5.41. The molecule has 33 heavy (non-hydrogen) atoms. The monoisotopic (exact) mass is 444 g/mol. The van der Waals surface area contributed by atoms with E-state index in [1.54, 1.807) is 24.3 Å². The summed E-state index contributed by atoms with van der Waals surface area (Å²) in [5.41, 5.74) is 8.98. The molecular formula is C25H24N4O4. The fourth-order valence-corrected chi connectivity index (χ4v) is 3.66. The predicted octanol–water partition coefficient (Wildman–Crippen LogP) is 2.37. The molecule has 1 fully saturated rings. The number of aliphatic hydroxyl groups excluding tert-OH is 1. The van der Waals surface area contributed by atoms with Crippen molar-refractivity contribution in [2.24, 2.45) is 5.73 Å². The van der Waals surface area contributed by atoms with Crippen LogP contribution in [0.4, 0.5) is 11.4 Å². The SMILES string of the molecule is N=C(N)c1ccc(NC(=O)[C@H](O)[C@H]2OCCN(c3cccc(-c4ccccc4)c3)C2=O)cc1. The zero-order chi connectivity index (χ0) is 23.4. The second-order valence-corrected chi connectivity index (χ2v) is 7.62. The molecule has 1 saturated heterocycles. The highest BCUT2D eigenvalue weighted by molar-refractivity contribution is 6.04. The summed E-state index contributed by atoms with van der Waals surface area (Å²) in [5, 5.41) is 20.6. The Bertz CT molecular complexity index is 1160. The van der Waals surface area contributed by atoms with Crippen molar-refractivity contribution in [3.8, 4) is 11.1 Å². The largest absolute Gasteiger partial charge is 0.384 e. The molecule has 3 aromatic carbocycles. The molecule has 2 amide bonds. The number of carbonyl (C=O) groups excluding carboxylic acids is 2. The van der Waals surface area contributed by atoms with Crippen LogP contribution < -0.4 is 16.0 Å². The highest BCUT2D eigenvalue weighted by Gasteiger charge is 2.39. The van der Waals surface area contributed by atoms with Crippen LogP contribution in [0.3, 0.4) is 0 Å². The molecule has 8 heteroatoms. The molecule has 0 radical (unpaired) electrons. The molecular weight excluding hydrogens is 420 g/mol. The van der Waals surface area contributed by atoms with Crippen LogP contribution in [0.5, 0.6) is 0 Å². The molecule has 0 aliphatic carbocycles. The molecule has 4 rings (SSSR count).